The van der Waals surface area contributed by atoms with Crippen molar-refractivity contribution in [3.8, 4) is 0 Å². The number of piperidine rings is 1. The molecule has 19 heavy (non-hydrogen) atoms. The van der Waals surface area contributed by atoms with Crippen molar-refractivity contribution in [3.63, 3.8) is 0 Å². The number of anilines is 1. The number of carbonyl (C=O) groups excluding carboxylic acids is 1. The molecule has 1 saturated heterocycles. The summed E-state index contributed by atoms with van der Waals surface area (Å²) >= 11 is 0. The minimum atomic E-state index is -0.0261. The molecule has 0 bridgehead atoms. The molecule has 1 N–H and O–H groups in total. The fourth-order valence-corrected chi connectivity index (χ4v) is 2.34. The van der Waals surface area contributed by atoms with Gasteiger partial charge in [-0.2, -0.15) is 0 Å². The van der Waals surface area contributed by atoms with E-state index in [1.807, 2.05) is 4.90 Å². The average molecular weight is 263 g/mol. The Morgan fingerprint density at radius 2 is 2.05 bits per heavy atom. The molecule has 0 aliphatic carbocycles. The average Bonchev–Trinajstić information content (AvgIpc) is 2.46. The summed E-state index contributed by atoms with van der Waals surface area (Å²) in [7, 11) is 5.94. The van der Waals surface area contributed by atoms with Gasteiger partial charge in [0, 0.05) is 26.2 Å². The zero-order chi connectivity index (χ0) is 13.8. The maximum absolute atomic E-state index is 12.3. The van der Waals surface area contributed by atoms with Crippen LogP contribution in [0.5, 0.6) is 0 Å². The van der Waals surface area contributed by atoms with E-state index in [0.29, 0.717) is 17.6 Å². The lowest BCUT2D eigenvalue weighted by molar-refractivity contribution is 0.0657. The van der Waals surface area contributed by atoms with Crippen LogP contribution < -0.4 is 5.32 Å². The van der Waals surface area contributed by atoms with Crippen molar-refractivity contribution in [3.05, 3.63) is 18.1 Å². The van der Waals surface area contributed by atoms with Gasteiger partial charge in [-0.25, -0.2) is 4.98 Å². The van der Waals surface area contributed by atoms with Crippen molar-refractivity contribution in [1.82, 2.24) is 19.8 Å². The molecule has 0 saturated carbocycles. The highest BCUT2D eigenvalue weighted by atomic mass is 16.2. The van der Waals surface area contributed by atoms with E-state index in [9.17, 15) is 4.79 Å². The van der Waals surface area contributed by atoms with Crippen LogP contribution in [0.2, 0.25) is 0 Å². The number of rotatable bonds is 3. The van der Waals surface area contributed by atoms with Gasteiger partial charge in [-0.05, 0) is 26.9 Å². The minimum Gasteiger partial charge on any atom is -0.372 e. The molecule has 1 fully saturated rings. The van der Waals surface area contributed by atoms with Gasteiger partial charge in [0.2, 0.25) is 0 Å². The van der Waals surface area contributed by atoms with Gasteiger partial charge in [-0.15, -0.1) is 0 Å². The quantitative estimate of drug-likeness (QED) is 0.869. The maximum Gasteiger partial charge on any atom is 0.274 e. The van der Waals surface area contributed by atoms with Crippen LogP contribution in [-0.2, 0) is 0 Å². The van der Waals surface area contributed by atoms with Gasteiger partial charge in [0.1, 0.15) is 11.5 Å². The van der Waals surface area contributed by atoms with Crippen LogP contribution in [0.3, 0.4) is 0 Å². The third-order valence-electron chi connectivity index (χ3n) is 3.59. The number of amides is 1. The molecule has 6 nitrogen and oxygen atoms in total. The van der Waals surface area contributed by atoms with E-state index >= 15 is 0 Å². The lowest BCUT2D eigenvalue weighted by atomic mass is 10.0. The molecule has 104 valence electrons. The highest BCUT2D eigenvalue weighted by Crippen LogP contribution is 2.16. The van der Waals surface area contributed by atoms with Gasteiger partial charge < -0.3 is 15.1 Å². The van der Waals surface area contributed by atoms with Crippen LogP contribution in [0.1, 0.15) is 23.3 Å². The van der Waals surface area contributed by atoms with Gasteiger partial charge in [-0.3, -0.25) is 9.78 Å². The first-order chi connectivity index (χ1) is 9.11. The van der Waals surface area contributed by atoms with Crippen molar-refractivity contribution < 1.29 is 4.79 Å². The fourth-order valence-electron chi connectivity index (χ4n) is 2.34. The number of nitrogens with one attached hydrogen (secondary N) is 1. The summed E-state index contributed by atoms with van der Waals surface area (Å²) in [5.41, 5.74) is 0.412. The normalized spacial score (nSPS) is 16.7. The second-order valence-electron chi connectivity index (χ2n) is 5.03. The monoisotopic (exact) mass is 263 g/mol. The molecule has 1 amide bonds. The van der Waals surface area contributed by atoms with Crippen molar-refractivity contribution in [2.24, 2.45) is 0 Å². The first-order valence-corrected chi connectivity index (χ1v) is 6.57. The van der Waals surface area contributed by atoms with Gasteiger partial charge in [0.05, 0.1) is 12.4 Å². The molecular weight excluding hydrogens is 242 g/mol. The van der Waals surface area contributed by atoms with Crippen molar-refractivity contribution in [2.75, 3.05) is 39.5 Å². The lowest BCUT2D eigenvalue weighted by Gasteiger charge is -2.35. The molecule has 6 heteroatoms. The highest BCUT2D eigenvalue weighted by molar-refractivity contribution is 5.92. The topological polar surface area (TPSA) is 61.4 Å². The standard InChI is InChI=1S/C13H21N5O/c1-14-12-9-15-8-11(16-12)13(19)18-6-4-10(5-7-18)17(2)3/h8-10H,4-7H2,1-3H3,(H,14,16). The van der Waals surface area contributed by atoms with E-state index in [1.54, 1.807) is 13.2 Å². The van der Waals surface area contributed by atoms with Crippen molar-refractivity contribution >= 4 is 11.7 Å². The van der Waals surface area contributed by atoms with Crippen LogP contribution in [-0.4, -0.2) is 65.9 Å². The number of likely N-dealkylation sites (tertiary alicyclic amines) is 1. The number of carbonyl (C=O) groups is 1. The molecule has 1 aromatic rings. The zero-order valence-corrected chi connectivity index (χ0v) is 11.8. The summed E-state index contributed by atoms with van der Waals surface area (Å²) in [5.74, 6) is 0.593. The third kappa shape index (κ3) is 3.20. The van der Waals surface area contributed by atoms with Crippen LogP contribution in [0.25, 0.3) is 0 Å². The van der Waals surface area contributed by atoms with E-state index in [2.05, 4.69) is 34.3 Å². The molecule has 1 aliphatic heterocycles. The molecule has 0 aromatic carbocycles. The Balaban J connectivity index is 2.01. The summed E-state index contributed by atoms with van der Waals surface area (Å²) in [5, 5.41) is 2.90. The molecule has 0 radical (unpaired) electrons. The molecule has 1 aliphatic rings. The number of aromatic nitrogens is 2. The Bertz CT molecular complexity index is 440. The molecule has 0 spiro atoms. The predicted molar refractivity (Wildman–Crippen MR) is 74.2 cm³/mol. The molecule has 0 atom stereocenters. The Morgan fingerprint density at radius 1 is 1.37 bits per heavy atom. The Labute approximate surface area is 113 Å². The summed E-state index contributed by atoms with van der Waals surface area (Å²) in [6, 6.07) is 0.568. The molecular formula is C13H21N5O. The number of nitrogens with zero attached hydrogens (tertiary/aromatic N) is 4. The zero-order valence-electron chi connectivity index (χ0n) is 11.8. The molecule has 1 aromatic heterocycles. The van der Waals surface area contributed by atoms with Crippen molar-refractivity contribution in [2.45, 2.75) is 18.9 Å². The van der Waals surface area contributed by atoms with Gasteiger partial charge in [-0.1, -0.05) is 0 Å². The third-order valence-corrected chi connectivity index (χ3v) is 3.59. The largest absolute Gasteiger partial charge is 0.372 e. The first-order valence-electron chi connectivity index (χ1n) is 6.57. The van der Waals surface area contributed by atoms with E-state index in [-0.39, 0.29) is 5.91 Å². The van der Waals surface area contributed by atoms with Crippen molar-refractivity contribution in [1.29, 1.82) is 0 Å². The molecule has 2 heterocycles. The van der Waals surface area contributed by atoms with Crippen LogP contribution in [0.4, 0.5) is 5.82 Å². The van der Waals surface area contributed by atoms with E-state index in [0.717, 1.165) is 25.9 Å². The summed E-state index contributed by atoms with van der Waals surface area (Å²) in [4.78, 5) is 24.7. The molecule has 0 unspecified atom stereocenters. The SMILES string of the molecule is CNc1cncc(C(=O)N2CCC(N(C)C)CC2)n1. The first kappa shape index (κ1) is 13.7. The van der Waals surface area contributed by atoms with Crippen LogP contribution in [0, 0.1) is 0 Å². The summed E-state index contributed by atoms with van der Waals surface area (Å²) in [6.07, 6.45) is 5.16. The van der Waals surface area contributed by atoms with Crippen LogP contribution in [0.15, 0.2) is 12.4 Å². The van der Waals surface area contributed by atoms with E-state index in [1.165, 1.54) is 6.20 Å². The Morgan fingerprint density at radius 3 is 2.63 bits per heavy atom. The molecule has 2 rings (SSSR count). The number of hydrogen-bond acceptors (Lipinski definition) is 5. The van der Waals surface area contributed by atoms with Gasteiger partial charge in [0.15, 0.2) is 0 Å². The minimum absolute atomic E-state index is 0.0261. The van der Waals surface area contributed by atoms with E-state index < -0.39 is 0 Å². The summed E-state index contributed by atoms with van der Waals surface area (Å²) < 4.78 is 0. The van der Waals surface area contributed by atoms with E-state index in [4.69, 9.17) is 0 Å². The summed E-state index contributed by atoms with van der Waals surface area (Å²) in [6.45, 7) is 1.57. The second kappa shape index (κ2) is 5.97. The number of hydrogen-bond donors (Lipinski definition) is 1. The van der Waals surface area contributed by atoms with Crippen LogP contribution >= 0.6 is 0 Å². The fraction of sp³-hybridized carbons (Fsp3) is 0.615. The van der Waals surface area contributed by atoms with Gasteiger partial charge in [0.25, 0.3) is 5.91 Å². The lowest BCUT2D eigenvalue weighted by Crippen LogP contribution is -2.44. The Kier molecular flexibility index (Phi) is 4.31. The van der Waals surface area contributed by atoms with Gasteiger partial charge >= 0.3 is 0 Å². The smallest absolute Gasteiger partial charge is 0.274 e. The highest BCUT2D eigenvalue weighted by Gasteiger charge is 2.25. The predicted octanol–water partition coefficient (Wildman–Crippen LogP) is 0.684. The Hall–Kier alpha value is -1.69. The second-order valence-corrected chi connectivity index (χ2v) is 5.03. The maximum atomic E-state index is 12.3.